The number of benzene rings is 1. The molecule has 1 aromatic carbocycles. The van der Waals surface area contributed by atoms with Gasteiger partial charge in [0.05, 0.1) is 11.0 Å². The molecule has 0 saturated heterocycles. The Morgan fingerprint density at radius 2 is 0.867 bits per heavy atom. The average Bonchev–Trinajstić information content (AvgIpc) is 2.98. The molecule has 5 nitrogen and oxygen atoms in total. The first-order valence-electron chi connectivity index (χ1n) is 7.78. The second-order valence-electron chi connectivity index (χ2n) is 5.78. The summed E-state index contributed by atoms with van der Waals surface area (Å²) in [6.45, 7) is 0. The first-order valence-corrected chi connectivity index (χ1v) is 7.78. The Morgan fingerprint density at radius 1 is 0.567 bits per heavy atom. The molecule has 0 bridgehead atoms. The Kier molecular flexibility index (Phi) is 4.33. The molecular formula is C17H4F8N4O. The van der Waals surface area contributed by atoms with Crippen molar-refractivity contribution in [3.63, 3.8) is 0 Å². The molecule has 0 radical (unpaired) electrons. The van der Waals surface area contributed by atoms with Gasteiger partial charge in [-0.25, -0.2) is 4.79 Å². The first kappa shape index (κ1) is 19.5. The molecule has 4 aromatic rings. The van der Waals surface area contributed by atoms with Crippen molar-refractivity contribution in [1.29, 1.82) is 0 Å². The monoisotopic (exact) mass is 432 g/mol. The van der Waals surface area contributed by atoms with Crippen LogP contribution in [0.15, 0.2) is 29.1 Å². The van der Waals surface area contributed by atoms with Crippen molar-refractivity contribution in [2.75, 3.05) is 0 Å². The quantitative estimate of drug-likeness (QED) is 0.359. The Hall–Kier alpha value is -3.77. The third kappa shape index (κ3) is 2.58. The van der Waals surface area contributed by atoms with Gasteiger partial charge in [-0.05, 0) is 12.1 Å². The predicted octanol–water partition coefficient (Wildman–Crippen LogP) is 3.68. The van der Waals surface area contributed by atoms with Gasteiger partial charge in [0, 0.05) is 0 Å². The van der Waals surface area contributed by atoms with Crippen LogP contribution in [0.2, 0.25) is 0 Å². The number of aromatic nitrogens is 4. The van der Waals surface area contributed by atoms with Gasteiger partial charge < -0.3 is 0 Å². The Bertz CT molecular complexity index is 1260. The van der Waals surface area contributed by atoms with Gasteiger partial charge in [0.15, 0.2) is 0 Å². The first-order chi connectivity index (χ1) is 14.1. The van der Waals surface area contributed by atoms with Gasteiger partial charge in [0.2, 0.25) is 23.3 Å². The molecule has 0 aliphatic heterocycles. The summed E-state index contributed by atoms with van der Waals surface area (Å²) in [5, 5.41) is 0. The Morgan fingerprint density at radius 3 is 1.17 bits per heavy atom. The molecule has 4 rings (SSSR count). The van der Waals surface area contributed by atoms with Crippen molar-refractivity contribution < 1.29 is 35.1 Å². The lowest BCUT2D eigenvalue weighted by Crippen LogP contribution is -2.26. The van der Waals surface area contributed by atoms with E-state index < -0.39 is 75.2 Å². The normalized spacial score (nSPS) is 11.5. The maximum Gasteiger partial charge on any atom is 0.338 e. The van der Waals surface area contributed by atoms with Crippen LogP contribution in [0, 0.1) is 47.1 Å². The van der Waals surface area contributed by atoms with Gasteiger partial charge in [-0.3, -0.25) is 9.13 Å². The summed E-state index contributed by atoms with van der Waals surface area (Å²) in [4.78, 5) is 17.6. The van der Waals surface area contributed by atoms with Crippen LogP contribution in [0.4, 0.5) is 35.1 Å². The van der Waals surface area contributed by atoms with Crippen molar-refractivity contribution in [3.05, 3.63) is 81.8 Å². The van der Waals surface area contributed by atoms with Crippen molar-refractivity contribution in [3.8, 4) is 11.4 Å². The van der Waals surface area contributed by atoms with Gasteiger partial charge in [0.25, 0.3) is 23.8 Å². The zero-order valence-electron chi connectivity index (χ0n) is 14.0. The molecule has 0 fully saturated rings. The summed E-state index contributed by atoms with van der Waals surface area (Å²) >= 11 is 0. The molecule has 0 N–H and O–H groups in total. The number of hydrogen-bond donors (Lipinski definition) is 0. The van der Waals surface area contributed by atoms with Crippen LogP contribution < -0.4 is 5.69 Å². The summed E-state index contributed by atoms with van der Waals surface area (Å²) in [5.41, 5.74) is -5.86. The second kappa shape index (κ2) is 6.64. The van der Waals surface area contributed by atoms with Crippen LogP contribution >= 0.6 is 0 Å². The average molecular weight is 432 g/mol. The van der Waals surface area contributed by atoms with Gasteiger partial charge in [-0.15, -0.1) is 0 Å². The summed E-state index contributed by atoms with van der Waals surface area (Å²) in [6.07, 6.45) is 0. The molecule has 3 aromatic heterocycles. The molecule has 154 valence electrons. The molecule has 0 atom stereocenters. The van der Waals surface area contributed by atoms with E-state index in [9.17, 15) is 39.9 Å². The maximum atomic E-state index is 14.2. The molecule has 13 heteroatoms. The van der Waals surface area contributed by atoms with Gasteiger partial charge in [0.1, 0.15) is 11.4 Å². The third-order valence-corrected chi connectivity index (χ3v) is 4.14. The lowest BCUT2D eigenvalue weighted by molar-refractivity contribution is 0.399. The van der Waals surface area contributed by atoms with Crippen molar-refractivity contribution in [2.24, 2.45) is 0 Å². The van der Waals surface area contributed by atoms with E-state index >= 15 is 0 Å². The smallest absolute Gasteiger partial charge is 0.254 e. The van der Waals surface area contributed by atoms with E-state index in [1.54, 1.807) is 0 Å². The number of para-hydroxylation sites is 2. The van der Waals surface area contributed by atoms with Crippen molar-refractivity contribution >= 4 is 11.0 Å². The van der Waals surface area contributed by atoms with Crippen LogP contribution in [-0.4, -0.2) is 19.1 Å². The number of hydrogen-bond acceptors (Lipinski definition) is 3. The van der Waals surface area contributed by atoms with Gasteiger partial charge in [-0.1, -0.05) is 12.1 Å². The largest absolute Gasteiger partial charge is 0.338 e. The number of imidazole rings is 1. The minimum Gasteiger partial charge on any atom is -0.254 e. The SMILES string of the molecule is O=c1n(-c2c(F)c(F)nc(F)c2F)c2ccccc2n1-c1c(F)c(F)nc(F)c1F. The molecule has 0 unspecified atom stereocenters. The number of rotatable bonds is 2. The van der Waals surface area contributed by atoms with Crippen LogP contribution in [-0.2, 0) is 0 Å². The summed E-state index contributed by atoms with van der Waals surface area (Å²) in [5.74, 6) is -16.8. The predicted molar refractivity (Wildman–Crippen MR) is 84.1 cm³/mol. The van der Waals surface area contributed by atoms with E-state index in [1.165, 1.54) is 12.1 Å². The molecule has 30 heavy (non-hydrogen) atoms. The summed E-state index contributed by atoms with van der Waals surface area (Å²) < 4.78 is 111. The minimum absolute atomic E-state index is 0.0446. The highest BCUT2D eigenvalue weighted by molar-refractivity contribution is 5.80. The zero-order valence-corrected chi connectivity index (χ0v) is 14.0. The van der Waals surface area contributed by atoms with Crippen molar-refractivity contribution in [1.82, 2.24) is 19.1 Å². The van der Waals surface area contributed by atoms with E-state index in [0.29, 0.717) is 0 Å². The zero-order chi connectivity index (χ0) is 21.9. The number of nitrogens with zero attached hydrogens (tertiary/aromatic N) is 4. The maximum absolute atomic E-state index is 14.2. The fourth-order valence-electron chi connectivity index (χ4n) is 2.93. The van der Waals surface area contributed by atoms with Crippen molar-refractivity contribution in [2.45, 2.75) is 0 Å². The molecule has 0 saturated carbocycles. The number of fused-ring (bicyclic) bond motifs is 1. The van der Waals surface area contributed by atoms with E-state index in [4.69, 9.17) is 0 Å². The van der Waals surface area contributed by atoms with Gasteiger partial charge in [-0.2, -0.15) is 45.1 Å². The summed E-state index contributed by atoms with van der Waals surface area (Å²) in [6, 6.07) is 4.44. The second-order valence-corrected chi connectivity index (χ2v) is 5.78. The Labute approximate surface area is 159 Å². The topological polar surface area (TPSA) is 52.7 Å². The van der Waals surface area contributed by atoms with E-state index in [1.807, 2.05) is 0 Å². The van der Waals surface area contributed by atoms with Crippen LogP contribution in [0.3, 0.4) is 0 Å². The van der Waals surface area contributed by atoms with Crippen LogP contribution in [0.5, 0.6) is 0 Å². The molecule has 0 aliphatic rings. The standard InChI is InChI=1S/C17H4F8N4O/c18-7-11(8(19)14(23)26-13(7)22)28-5-3-1-2-4-6(5)29(17(28)30)12-9(20)15(24)27-16(25)10(12)21/h1-4H. The lowest BCUT2D eigenvalue weighted by Gasteiger charge is -2.08. The fourth-order valence-corrected chi connectivity index (χ4v) is 2.93. The molecule has 0 spiro atoms. The molecule has 0 amide bonds. The Balaban J connectivity index is 2.24. The number of halogens is 8. The third-order valence-electron chi connectivity index (χ3n) is 4.14. The van der Waals surface area contributed by atoms with Crippen LogP contribution in [0.25, 0.3) is 22.4 Å². The molecule has 0 aliphatic carbocycles. The number of pyridine rings is 2. The van der Waals surface area contributed by atoms with E-state index in [0.717, 1.165) is 12.1 Å². The lowest BCUT2D eigenvalue weighted by atomic mass is 10.2. The van der Waals surface area contributed by atoms with Gasteiger partial charge >= 0.3 is 5.69 Å². The molecular weight excluding hydrogens is 428 g/mol. The van der Waals surface area contributed by atoms with E-state index in [2.05, 4.69) is 9.97 Å². The highest BCUT2D eigenvalue weighted by Gasteiger charge is 2.30. The summed E-state index contributed by atoms with van der Waals surface area (Å²) in [7, 11) is 0. The fraction of sp³-hybridized carbons (Fsp3) is 0. The molecule has 3 heterocycles. The van der Waals surface area contributed by atoms with Crippen LogP contribution in [0.1, 0.15) is 0 Å². The highest BCUT2D eigenvalue weighted by Crippen LogP contribution is 2.28. The minimum atomic E-state index is -2.11. The van der Waals surface area contributed by atoms with E-state index in [-0.39, 0.29) is 9.13 Å². The highest BCUT2D eigenvalue weighted by atomic mass is 19.2.